The maximum absolute atomic E-state index is 4.20. The summed E-state index contributed by atoms with van der Waals surface area (Å²) in [5.74, 6) is 1.59. The van der Waals surface area contributed by atoms with Gasteiger partial charge < -0.3 is 10.2 Å². The third-order valence-corrected chi connectivity index (χ3v) is 3.92. The number of likely N-dealkylation sites (tertiary alicyclic amines) is 1. The van der Waals surface area contributed by atoms with E-state index in [0.717, 1.165) is 12.4 Å². The van der Waals surface area contributed by atoms with Crippen molar-refractivity contribution in [2.75, 3.05) is 13.6 Å². The zero-order valence-electron chi connectivity index (χ0n) is 11.1. The predicted octanol–water partition coefficient (Wildman–Crippen LogP) is 1.18. The van der Waals surface area contributed by atoms with Crippen LogP contribution in [0.5, 0.6) is 0 Å². The largest absolute Gasteiger partial charge is 0.304 e. The second kappa shape index (κ2) is 5.14. The molecule has 0 spiro atoms. The Morgan fingerprint density at radius 3 is 2.94 bits per heavy atom. The lowest BCUT2D eigenvalue weighted by atomic mass is 9.89. The lowest BCUT2D eigenvalue weighted by Crippen LogP contribution is -2.51. The molecule has 2 rings (SSSR count). The van der Waals surface area contributed by atoms with Crippen LogP contribution in [0.25, 0.3) is 0 Å². The van der Waals surface area contributed by atoms with E-state index in [1.165, 1.54) is 6.42 Å². The molecule has 2 heterocycles. The fourth-order valence-corrected chi connectivity index (χ4v) is 2.60. The molecule has 1 aliphatic heterocycles. The lowest BCUT2D eigenvalue weighted by Gasteiger charge is -2.41. The molecule has 0 amide bonds. The van der Waals surface area contributed by atoms with Crippen molar-refractivity contribution in [3.05, 3.63) is 12.2 Å². The van der Waals surface area contributed by atoms with E-state index in [2.05, 4.69) is 53.2 Å². The summed E-state index contributed by atoms with van der Waals surface area (Å²) in [7, 11) is 2.21. The van der Waals surface area contributed by atoms with E-state index >= 15 is 0 Å². The minimum Gasteiger partial charge on any atom is -0.304 e. The fraction of sp³-hybridized carbons (Fsp3) is 0.833. The van der Waals surface area contributed by atoms with Crippen molar-refractivity contribution in [2.24, 2.45) is 5.92 Å². The van der Waals surface area contributed by atoms with Crippen LogP contribution in [0, 0.1) is 5.92 Å². The molecule has 1 aromatic rings. The van der Waals surface area contributed by atoms with Gasteiger partial charge in [-0.05, 0) is 33.2 Å². The summed E-state index contributed by atoms with van der Waals surface area (Å²) >= 11 is 0. The third-order valence-electron chi connectivity index (χ3n) is 3.92. The Morgan fingerprint density at radius 1 is 1.53 bits per heavy atom. The normalized spacial score (nSPS) is 32.6. The van der Waals surface area contributed by atoms with E-state index in [1.807, 2.05) is 0 Å². The minimum atomic E-state index is 0.237. The van der Waals surface area contributed by atoms with Crippen molar-refractivity contribution in [3.8, 4) is 0 Å². The van der Waals surface area contributed by atoms with E-state index in [1.54, 1.807) is 6.33 Å². The van der Waals surface area contributed by atoms with Crippen LogP contribution in [0.4, 0.5) is 0 Å². The molecule has 1 aromatic heterocycles. The van der Waals surface area contributed by atoms with Gasteiger partial charge in [0.1, 0.15) is 12.2 Å². The molecule has 1 saturated heterocycles. The summed E-state index contributed by atoms with van der Waals surface area (Å²) in [6, 6.07) is 1.44. The smallest absolute Gasteiger partial charge is 0.141 e. The van der Waals surface area contributed by atoms with Crippen LogP contribution in [-0.2, 0) is 0 Å². The van der Waals surface area contributed by atoms with Gasteiger partial charge >= 0.3 is 0 Å². The zero-order chi connectivity index (χ0) is 12.4. The topological polar surface area (TPSA) is 56.8 Å². The first-order chi connectivity index (χ1) is 8.08. The Labute approximate surface area is 103 Å². The highest BCUT2D eigenvalue weighted by molar-refractivity contribution is 4.94. The van der Waals surface area contributed by atoms with Crippen LogP contribution < -0.4 is 5.32 Å². The Morgan fingerprint density at radius 2 is 2.29 bits per heavy atom. The molecule has 2 N–H and O–H groups in total. The molecule has 4 unspecified atom stereocenters. The quantitative estimate of drug-likeness (QED) is 0.829. The van der Waals surface area contributed by atoms with Crippen LogP contribution in [-0.4, -0.2) is 45.8 Å². The zero-order valence-corrected chi connectivity index (χ0v) is 11.1. The van der Waals surface area contributed by atoms with Gasteiger partial charge in [0.05, 0.1) is 6.04 Å². The molecule has 1 fully saturated rings. The predicted molar refractivity (Wildman–Crippen MR) is 67.6 cm³/mol. The minimum absolute atomic E-state index is 0.237. The Hall–Kier alpha value is -0.940. The second-order valence-electron chi connectivity index (χ2n) is 5.37. The Kier molecular flexibility index (Phi) is 3.79. The monoisotopic (exact) mass is 237 g/mol. The molecule has 0 saturated carbocycles. The van der Waals surface area contributed by atoms with E-state index in [0.29, 0.717) is 18.0 Å². The van der Waals surface area contributed by atoms with Crippen molar-refractivity contribution in [3.63, 3.8) is 0 Å². The van der Waals surface area contributed by atoms with Gasteiger partial charge in [-0.3, -0.25) is 5.10 Å². The number of piperidine rings is 1. The summed E-state index contributed by atoms with van der Waals surface area (Å²) in [5.41, 5.74) is 0. The highest BCUT2D eigenvalue weighted by Gasteiger charge is 2.30. The SMILES string of the molecule is CC(NC1CC(C)N(C)CC1C)c1ncn[nH]1. The Bertz CT molecular complexity index is 337. The first kappa shape index (κ1) is 12.5. The molecule has 5 heteroatoms. The molecule has 0 bridgehead atoms. The number of H-pyrrole nitrogens is 1. The van der Waals surface area contributed by atoms with E-state index in [9.17, 15) is 0 Å². The van der Waals surface area contributed by atoms with Gasteiger partial charge in [-0.1, -0.05) is 6.92 Å². The highest BCUT2D eigenvalue weighted by atomic mass is 15.2. The molecule has 5 nitrogen and oxygen atoms in total. The molecule has 17 heavy (non-hydrogen) atoms. The van der Waals surface area contributed by atoms with Crippen molar-refractivity contribution >= 4 is 0 Å². The Balaban J connectivity index is 1.94. The lowest BCUT2D eigenvalue weighted by molar-refractivity contribution is 0.116. The summed E-state index contributed by atoms with van der Waals surface area (Å²) in [5, 5.41) is 10.5. The summed E-state index contributed by atoms with van der Waals surface area (Å²) < 4.78 is 0. The van der Waals surface area contributed by atoms with Gasteiger partial charge in [0.2, 0.25) is 0 Å². The number of aromatic amines is 1. The van der Waals surface area contributed by atoms with Crippen LogP contribution in [0.2, 0.25) is 0 Å². The number of hydrogen-bond acceptors (Lipinski definition) is 4. The first-order valence-electron chi connectivity index (χ1n) is 6.39. The molecule has 1 aliphatic rings. The van der Waals surface area contributed by atoms with Gasteiger partial charge in [0, 0.05) is 18.6 Å². The standard InChI is InChI=1S/C12H23N5/c1-8-6-17(4)9(2)5-11(8)15-10(3)12-13-7-14-16-12/h7-11,15H,5-6H2,1-4H3,(H,13,14,16). The number of aromatic nitrogens is 3. The highest BCUT2D eigenvalue weighted by Crippen LogP contribution is 2.22. The van der Waals surface area contributed by atoms with E-state index in [4.69, 9.17) is 0 Å². The summed E-state index contributed by atoms with van der Waals surface area (Å²) in [6.45, 7) is 7.89. The first-order valence-corrected chi connectivity index (χ1v) is 6.39. The molecule has 4 atom stereocenters. The summed E-state index contributed by atoms with van der Waals surface area (Å²) in [4.78, 5) is 6.63. The fourth-order valence-electron chi connectivity index (χ4n) is 2.60. The maximum atomic E-state index is 4.20. The molecule has 0 aliphatic carbocycles. The van der Waals surface area contributed by atoms with Crippen molar-refractivity contribution in [1.82, 2.24) is 25.4 Å². The molecule has 0 aromatic carbocycles. The molecular weight excluding hydrogens is 214 g/mol. The average molecular weight is 237 g/mol. The number of nitrogens with zero attached hydrogens (tertiary/aromatic N) is 3. The van der Waals surface area contributed by atoms with Crippen molar-refractivity contribution < 1.29 is 0 Å². The van der Waals surface area contributed by atoms with Crippen LogP contribution in [0.3, 0.4) is 0 Å². The molecular formula is C12H23N5. The van der Waals surface area contributed by atoms with Gasteiger partial charge in [-0.2, -0.15) is 5.10 Å². The maximum Gasteiger partial charge on any atom is 0.141 e. The number of nitrogens with one attached hydrogen (secondary N) is 2. The van der Waals surface area contributed by atoms with Gasteiger partial charge in [-0.15, -0.1) is 0 Å². The van der Waals surface area contributed by atoms with Crippen LogP contribution in [0.1, 0.15) is 39.1 Å². The second-order valence-corrected chi connectivity index (χ2v) is 5.37. The number of rotatable bonds is 3. The van der Waals surface area contributed by atoms with Crippen LogP contribution in [0.15, 0.2) is 6.33 Å². The average Bonchev–Trinajstić information content (AvgIpc) is 2.79. The van der Waals surface area contributed by atoms with Crippen molar-refractivity contribution in [1.29, 1.82) is 0 Å². The van der Waals surface area contributed by atoms with Gasteiger partial charge in [0.15, 0.2) is 0 Å². The number of hydrogen-bond donors (Lipinski definition) is 2. The van der Waals surface area contributed by atoms with Gasteiger partial charge in [-0.25, -0.2) is 4.98 Å². The van der Waals surface area contributed by atoms with Gasteiger partial charge in [0.25, 0.3) is 0 Å². The van der Waals surface area contributed by atoms with E-state index in [-0.39, 0.29) is 6.04 Å². The van der Waals surface area contributed by atoms with E-state index < -0.39 is 0 Å². The van der Waals surface area contributed by atoms with Crippen LogP contribution >= 0.6 is 0 Å². The summed E-state index contributed by atoms with van der Waals surface area (Å²) in [6.07, 6.45) is 2.75. The van der Waals surface area contributed by atoms with Crippen molar-refractivity contribution in [2.45, 2.75) is 45.3 Å². The molecule has 96 valence electrons. The third kappa shape index (κ3) is 2.84. The molecule has 0 radical (unpaired) electrons.